The fourth-order valence-corrected chi connectivity index (χ4v) is 3.74. The zero-order valence-electron chi connectivity index (χ0n) is 15.9. The van der Waals surface area contributed by atoms with Crippen molar-refractivity contribution >= 4 is 16.9 Å². The first kappa shape index (κ1) is 18.4. The number of aromatic hydroxyl groups is 2. The van der Waals surface area contributed by atoms with Crippen LogP contribution in [0.2, 0.25) is 0 Å². The van der Waals surface area contributed by atoms with Gasteiger partial charge in [-0.15, -0.1) is 0 Å². The SMILES string of the molecule is CNC(=O)c1c(-c2ccc(O)cc2)oc2ccc(O)c(CCCN3CCC3)c12. The normalized spacial score (nSPS) is 14.2. The number of phenols is 2. The summed E-state index contributed by atoms with van der Waals surface area (Å²) in [5, 5.41) is 23.4. The van der Waals surface area contributed by atoms with Crippen LogP contribution in [-0.4, -0.2) is 47.7 Å². The number of carbonyl (C=O) groups is 1. The summed E-state index contributed by atoms with van der Waals surface area (Å²) < 4.78 is 6.04. The maximum absolute atomic E-state index is 12.7. The van der Waals surface area contributed by atoms with Crippen LogP contribution in [0.3, 0.4) is 0 Å². The van der Waals surface area contributed by atoms with Crippen LogP contribution in [0, 0.1) is 0 Å². The fourth-order valence-electron chi connectivity index (χ4n) is 3.74. The first-order valence-corrected chi connectivity index (χ1v) is 9.59. The average molecular weight is 380 g/mol. The Morgan fingerprint density at radius 1 is 1.14 bits per heavy atom. The Labute approximate surface area is 163 Å². The number of rotatable bonds is 6. The number of hydrogen-bond donors (Lipinski definition) is 3. The van der Waals surface area contributed by atoms with Gasteiger partial charge in [-0.05, 0) is 75.3 Å². The summed E-state index contributed by atoms with van der Waals surface area (Å²) in [5.74, 6) is 0.491. The molecule has 1 aliphatic heterocycles. The lowest BCUT2D eigenvalue weighted by molar-refractivity contribution is 0.0964. The van der Waals surface area contributed by atoms with Gasteiger partial charge >= 0.3 is 0 Å². The highest BCUT2D eigenvalue weighted by atomic mass is 16.3. The van der Waals surface area contributed by atoms with Crippen LogP contribution in [0.15, 0.2) is 40.8 Å². The number of aryl methyl sites for hydroxylation is 1. The molecule has 3 aromatic rings. The summed E-state index contributed by atoms with van der Waals surface area (Å²) in [6, 6.07) is 9.86. The van der Waals surface area contributed by atoms with Crippen LogP contribution < -0.4 is 5.32 Å². The predicted octanol–water partition coefficient (Wildman–Crippen LogP) is 3.51. The van der Waals surface area contributed by atoms with E-state index in [0.29, 0.717) is 34.3 Å². The number of nitrogens with zero attached hydrogens (tertiary/aromatic N) is 1. The van der Waals surface area contributed by atoms with E-state index in [1.807, 2.05) is 0 Å². The van der Waals surface area contributed by atoms with Crippen LogP contribution >= 0.6 is 0 Å². The fraction of sp³-hybridized carbons (Fsp3) is 0.318. The molecular formula is C22H24N2O4. The van der Waals surface area contributed by atoms with Crippen molar-refractivity contribution < 1.29 is 19.4 Å². The number of carbonyl (C=O) groups excluding carboxylic acids is 1. The van der Waals surface area contributed by atoms with Gasteiger partial charge in [-0.2, -0.15) is 0 Å². The second kappa shape index (κ2) is 7.56. The van der Waals surface area contributed by atoms with Gasteiger partial charge < -0.3 is 24.8 Å². The number of nitrogens with one attached hydrogen (secondary N) is 1. The summed E-state index contributed by atoms with van der Waals surface area (Å²) in [4.78, 5) is 15.1. The topological polar surface area (TPSA) is 85.9 Å². The van der Waals surface area contributed by atoms with Gasteiger partial charge in [-0.1, -0.05) is 0 Å². The molecule has 0 unspecified atom stereocenters. The first-order valence-electron chi connectivity index (χ1n) is 9.59. The smallest absolute Gasteiger partial charge is 0.255 e. The Morgan fingerprint density at radius 2 is 1.89 bits per heavy atom. The van der Waals surface area contributed by atoms with Gasteiger partial charge in [-0.3, -0.25) is 4.79 Å². The molecule has 2 aromatic carbocycles. The van der Waals surface area contributed by atoms with E-state index in [-0.39, 0.29) is 17.4 Å². The van der Waals surface area contributed by atoms with Crippen LogP contribution in [0.1, 0.15) is 28.8 Å². The lowest BCUT2D eigenvalue weighted by Gasteiger charge is -2.30. The first-order chi connectivity index (χ1) is 13.6. The molecule has 6 heteroatoms. The van der Waals surface area contributed by atoms with E-state index in [1.54, 1.807) is 43.4 Å². The standard InChI is InChI=1S/C22H24N2O4/c1-23-22(27)20-19-16(4-2-11-24-12-3-13-24)17(26)9-10-18(19)28-21(20)14-5-7-15(25)8-6-14/h5-10,25-26H,2-4,11-13H2,1H3,(H,23,27). The van der Waals surface area contributed by atoms with Crippen molar-refractivity contribution in [1.29, 1.82) is 0 Å². The second-order valence-electron chi connectivity index (χ2n) is 7.17. The van der Waals surface area contributed by atoms with Gasteiger partial charge in [0.05, 0.1) is 5.56 Å². The van der Waals surface area contributed by atoms with Gasteiger partial charge in [0.2, 0.25) is 0 Å². The van der Waals surface area contributed by atoms with Crippen molar-refractivity contribution in [1.82, 2.24) is 10.2 Å². The van der Waals surface area contributed by atoms with Crippen molar-refractivity contribution in [3.05, 3.63) is 47.5 Å². The van der Waals surface area contributed by atoms with Crippen LogP contribution in [0.4, 0.5) is 0 Å². The highest BCUT2D eigenvalue weighted by molar-refractivity contribution is 6.12. The minimum Gasteiger partial charge on any atom is -0.508 e. The molecule has 6 nitrogen and oxygen atoms in total. The van der Waals surface area contributed by atoms with Crippen molar-refractivity contribution in [3.63, 3.8) is 0 Å². The minimum absolute atomic E-state index is 0.144. The zero-order chi connectivity index (χ0) is 19.7. The van der Waals surface area contributed by atoms with Crippen LogP contribution in [-0.2, 0) is 6.42 Å². The van der Waals surface area contributed by atoms with Crippen molar-refractivity contribution in [3.8, 4) is 22.8 Å². The molecule has 0 saturated carbocycles. The largest absolute Gasteiger partial charge is 0.508 e. The van der Waals surface area contributed by atoms with E-state index >= 15 is 0 Å². The Morgan fingerprint density at radius 3 is 2.54 bits per heavy atom. The molecule has 4 rings (SSSR count). The number of amides is 1. The molecule has 1 fully saturated rings. The molecule has 146 valence electrons. The zero-order valence-corrected chi connectivity index (χ0v) is 15.9. The maximum Gasteiger partial charge on any atom is 0.255 e. The molecule has 0 bridgehead atoms. The third-order valence-electron chi connectivity index (χ3n) is 5.37. The molecule has 1 saturated heterocycles. The van der Waals surface area contributed by atoms with E-state index in [9.17, 15) is 15.0 Å². The average Bonchev–Trinajstić information content (AvgIpc) is 3.04. The highest BCUT2D eigenvalue weighted by Crippen LogP contribution is 2.39. The van der Waals surface area contributed by atoms with Gasteiger partial charge in [0.1, 0.15) is 22.8 Å². The lowest BCUT2D eigenvalue weighted by atomic mass is 9.97. The molecule has 28 heavy (non-hydrogen) atoms. The second-order valence-corrected chi connectivity index (χ2v) is 7.17. The molecule has 0 spiro atoms. The number of hydrogen-bond acceptors (Lipinski definition) is 5. The maximum atomic E-state index is 12.7. The quantitative estimate of drug-likeness (QED) is 0.609. The van der Waals surface area contributed by atoms with E-state index in [2.05, 4.69) is 10.2 Å². The molecule has 1 aliphatic rings. The third kappa shape index (κ3) is 3.31. The summed E-state index contributed by atoms with van der Waals surface area (Å²) >= 11 is 0. The number of fused-ring (bicyclic) bond motifs is 1. The Kier molecular flexibility index (Phi) is 4.96. The molecule has 1 aromatic heterocycles. The minimum atomic E-state index is -0.267. The number of phenolic OH excluding ortho intramolecular Hbond substituents is 2. The molecule has 0 radical (unpaired) electrons. The number of benzene rings is 2. The molecule has 0 atom stereocenters. The number of furan rings is 1. The lowest BCUT2D eigenvalue weighted by Crippen LogP contribution is -2.37. The van der Waals surface area contributed by atoms with Crippen LogP contribution in [0.25, 0.3) is 22.3 Å². The van der Waals surface area contributed by atoms with E-state index in [1.165, 1.54) is 6.42 Å². The van der Waals surface area contributed by atoms with E-state index in [4.69, 9.17) is 4.42 Å². The Hall–Kier alpha value is -2.99. The molecule has 2 heterocycles. The van der Waals surface area contributed by atoms with E-state index < -0.39 is 0 Å². The Bertz CT molecular complexity index is 1000. The van der Waals surface area contributed by atoms with Gasteiger partial charge in [0.25, 0.3) is 5.91 Å². The number of likely N-dealkylation sites (tertiary alicyclic amines) is 1. The molecule has 0 aliphatic carbocycles. The molecule has 1 amide bonds. The molecule has 3 N–H and O–H groups in total. The summed E-state index contributed by atoms with van der Waals surface area (Å²) in [6.07, 6.45) is 2.82. The van der Waals surface area contributed by atoms with Gasteiger partial charge in [0, 0.05) is 23.6 Å². The Balaban J connectivity index is 1.80. The van der Waals surface area contributed by atoms with Crippen molar-refractivity contribution in [2.75, 3.05) is 26.7 Å². The summed E-state index contributed by atoms with van der Waals surface area (Å²) in [6.45, 7) is 3.25. The summed E-state index contributed by atoms with van der Waals surface area (Å²) in [7, 11) is 1.58. The van der Waals surface area contributed by atoms with Crippen molar-refractivity contribution in [2.45, 2.75) is 19.3 Å². The highest BCUT2D eigenvalue weighted by Gasteiger charge is 2.25. The third-order valence-corrected chi connectivity index (χ3v) is 5.37. The van der Waals surface area contributed by atoms with Gasteiger partial charge in [0.15, 0.2) is 0 Å². The van der Waals surface area contributed by atoms with Crippen LogP contribution in [0.5, 0.6) is 11.5 Å². The van der Waals surface area contributed by atoms with Crippen molar-refractivity contribution in [2.24, 2.45) is 0 Å². The van der Waals surface area contributed by atoms with E-state index in [0.717, 1.165) is 31.6 Å². The monoisotopic (exact) mass is 380 g/mol. The van der Waals surface area contributed by atoms with Gasteiger partial charge in [-0.25, -0.2) is 0 Å². The summed E-state index contributed by atoms with van der Waals surface area (Å²) in [5.41, 5.74) is 2.42. The molecular weight excluding hydrogens is 356 g/mol. The predicted molar refractivity (Wildman–Crippen MR) is 108 cm³/mol.